The number of ether oxygens (including phenoxy) is 1. The maximum atomic E-state index is 13.7. The normalized spacial score (nSPS) is 17.5. The molecule has 170 valence electrons. The van der Waals surface area contributed by atoms with Crippen LogP contribution < -0.4 is 9.64 Å². The number of nitrogens with zero attached hydrogens (tertiary/aromatic N) is 2. The number of thiazole rings is 1. The zero-order valence-corrected chi connectivity index (χ0v) is 19.1. The van der Waals surface area contributed by atoms with Crippen LogP contribution in [0.2, 0.25) is 0 Å². The molecular formula is C26H19FN2O4S. The largest absolute Gasteiger partial charge is 0.507 e. The van der Waals surface area contributed by atoms with Gasteiger partial charge in [0.1, 0.15) is 17.3 Å². The SMILES string of the molecule is COc1ccc(C(O)=C2C(=O)C(=O)N(c3nc4ccc(F)cc4s3)[C@@H]2c2ccc(C)cc2)cc1. The van der Waals surface area contributed by atoms with E-state index >= 15 is 0 Å². The molecule has 0 aliphatic carbocycles. The van der Waals surface area contributed by atoms with Crippen LogP contribution in [-0.2, 0) is 9.59 Å². The predicted molar refractivity (Wildman–Crippen MR) is 129 cm³/mol. The lowest BCUT2D eigenvalue weighted by Gasteiger charge is -2.23. The van der Waals surface area contributed by atoms with Gasteiger partial charge < -0.3 is 9.84 Å². The third kappa shape index (κ3) is 3.62. The summed E-state index contributed by atoms with van der Waals surface area (Å²) < 4.78 is 19.5. The van der Waals surface area contributed by atoms with Crippen molar-refractivity contribution in [1.82, 2.24) is 4.98 Å². The molecule has 2 heterocycles. The van der Waals surface area contributed by atoms with E-state index in [0.717, 1.165) is 16.9 Å². The van der Waals surface area contributed by atoms with Gasteiger partial charge in [-0.25, -0.2) is 9.37 Å². The highest BCUT2D eigenvalue weighted by Crippen LogP contribution is 2.44. The fraction of sp³-hybridized carbons (Fsp3) is 0.115. The van der Waals surface area contributed by atoms with E-state index in [4.69, 9.17) is 4.74 Å². The highest BCUT2D eigenvalue weighted by Gasteiger charge is 2.48. The number of fused-ring (bicyclic) bond motifs is 1. The maximum Gasteiger partial charge on any atom is 0.301 e. The Bertz CT molecular complexity index is 1460. The first-order valence-electron chi connectivity index (χ1n) is 10.5. The molecule has 0 radical (unpaired) electrons. The number of carbonyl (C=O) groups is 2. The van der Waals surface area contributed by atoms with Gasteiger partial charge in [-0.3, -0.25) is 14.5 Å². The van der Waals surface area contributed by atoms with Gasteiger partial charge in [0.05, 0.1) is 28.9 Å². The molecule has 6 nitrogen and oxygen atoms in total. The molecule has 4 aromatic rings. The number of methoxy groups -OCH3 is 1. The van der Waals surface area contributed by atoms with E-state index in [1.165, 1.54) is 30.2 Å². The van der Waals surface area contributed by atoms with Gasteiger partial charge in [0.25, 0.3) is 5.78 Å². The quantitative estimate of drug-likeness (QED) is 0.244. The number of Topliss-reactive ketones (excluding diaryl/α,β-unsaturated/α-hetero) is 1. The fourth-order valence-corrected chi connectivity index (χ4v) is 5.00. The minimum absolute atomic E-state index is 0.0375. The van der Waals surface area contributed by atoms with E-state index in [1.54, 1.807) is 24.3 Å². The lowest BCUT2D eigenvalue weighted by Crippen LogP contribution is -2.29. The van der Waals surface area contributed by atoms with Gasteiger partial charge in [-0.1, -0.05) is 41.2 Å². The molecular weight excluding hydrogens is 455 g/mol. The average Bonchev–Trinajstić information content (AvgIpc) is 3.37. The van der Waals surface area contributed by atoms with E-state index in [9.17, 15) is 19.1 Å². The molecule has 34 heavy (non-hydrogen) atoms. The number of aliphatic hydroxyl groups is 1. The Morgan fingerprint density at radius 2 is 1.76 bits per heavy atom. The summed E-state index contributed by atoms with van der Waals surface area (Å²) in [6.45, 7) is 1.93. The Kier molecular flexibility index (Phi) is 5.37. The Labute approximate surface area is 198 Å². The number of hydrogen-bond acceptors (Lipinski definition) is 6. The molecule has 1 aromatic heterocycles. The number of anilines is 1. The standard InChI is InChI=1S/C26H19FN2O4S/c1-14-3-5-15(6-4-14)22-21(23(30)16-7-10-18(33-2)11-8-16)24(31)25(32)29(22)26-28-19-12-9-17(27)13-20(19)34-26/h3-13,22,30H,1-2H3/t22-/m1/s1. The number of amides is 1. The number of aromatic nitrogens is 1. The van der Waals surface area contributed by atoms with Crippen molar-refractivity contribution >= 4 is 44.1 Å². The van der Waals surface area contributed by atoms with Gasteiger partial charge in [-0.15, -0.1) is 0 Å². The Morgan fingerprint density at radius 1 is 1.06 bits per heavy atom. The zero-order valence-electron chi connectivity index (χ0n) is 18.3. The van der Waals surface area contributed by atoms with Crippen molar-refractivity contribution < 1.29 is 23.8 Å². The highest BCUT2D eigenvalue weighted by atomic mass is 32.1. The molecule has 0 saturated carbocycles. The van der Waals surface area contributed by atoms with E-state index in [0.29, 0.717) is 27.1 Å². The van der Waals surface area contributed by atoms with Crippen molar-refractivity contribution in [1.29, 1.82) is 0 Å². The topological polar surface area (TPSA) is 79.7 Å². The first kappa shape index (κ1) is 21.8. The molecule has 0 unspecified atom stereocenters. The minimum atomic E-state index is -0.895. The van der Waals surface area contributed by atoms with E-state index in [1.807, 2.05) is 31.2 Å². The van der Waals surface area contributed by atoms with Crippen LogP contribution in [-0.4, -0.2) is 28.9 Å². The van der Waals surface area contributed by atoms with E-state index in [2.05, 4.69) is 4.98 Å². The highest BCUT2D eigenvalue weighted by molar-refractivity contribution is 7.22. The van der Waals surface area contributed by atoms with Crippen molar-refractivity contribution in [3.8, 4) is 5.75 Å². The van der Waals surface area contributed by atoms with Crippen LogP contribution in [0.4, 0.5) is 9.52 Å². The molecule has 8 heteroatoms. The molecule has 1 fully saturated rings. The lowest BCUT2D eigenvalue weighted by atomic mass is 9.95. The Balaban J connectivity index is 1.71. The van der Waals surface area contributed by atoms with Crippen LogP contribution in [0.25, 0.3) is 16.0 Å². The number of hydrogen-bond donors (Lipinski definition) is 1. The summed E-state index contributed by atoms with van der Waals surface area (Å²) in [6, 6.07) is 17.2. The van der Waals surface area contributed by atoms with Crippen molar-refractivity contribution in [2.45, 2.75) is 13.0 Å². The van der Waals surface area contributed by atoms with Gasteiger partial charge in [0.2, 0.25) is 0 Å². The molecule has 1 N–H and O–H groups in total. The van der Waals surface area contributed by atoms with Crippen LogP contribution >= 0.6 is 11.3 Å². The van der Waals surface area contributed by atoms with Crippen molar-refractivity contribution in [3.05, 3.63) is 94.8 Å². The molecule has 1 atom stereocenters. The summed E-state index contributed by atoms with van der Waals surface area (Å²) in [5.41, 5.74) is 2.50. The smallest absolute Gasteiger partial charge is 0.301 e. The molecule has 1 aliphatic heterocycles. The number of aryl methyl sites for hydroxylation is 1. The first-order chi connectivity index (χ1) is 16.4. The summed E-state index contributed by atoms with van der Waals surface area (Å²) in [5.74, 6) is -1.74. The third-order valence-corrected chi connectivity index (χ3v) is 6.76. The molecule has 0 spiro atoms. The molecule has 0 bridgehead atoms. The Hall–Kier alpha value is -4.04. The lowest BCUT2D eigenvalue weighted by molar-refractivity contribution is -0.132. The van der Waals surface area contributed by atoms with Crippen LogP contribution in [0.5, 0.6) is 5.75 Å². The second kappa shape index (κ2) is 8.39. The van der Waals surface area contributed by atoms with Gasteiger partial charge in [-0.2, -0.15) is 0 Å². The van der Waals surface area contributed by atoms with Crippen molar-refractivity contribution in [3.63, 3.8) is 0 Å². The van der Waals surface area contributed by atoms with Crippen molar-refractivity contribution in [2.24, 2.45) is 0 Å². The third-order valence-electron chi connectivity index (χ3n) is 5.75. The second-order valence-electron chi connectivity index (χ2n) is 7.92. The number of halogens is 1. The summed E-state index contributed by atoms with van der Waals surface area (Å²) in [4.78, 5) is 32.3. The van der Waals surface area contributed by atoms with E-state index < -0.39 is 23.5 Å². The van der Waals surface area contributed by atoms with Crippen LogP contribution in [0.15, 0.2) is 72.3 Å². The monoisotopic (exact) mass is 474 g/mol. The molecule has 5 rings (SSSR count). The number of rotatable bonds is 4. The molecule has 1 amide bonds. The van der Waals surface area contributed by atoms with Crippen LogP contribution in [0.1, 0.15) is 22.7 Å². The Morgan fingerprint density at radius 3 is 2.44 bits per heavy atom. The van der Waals surface area contributed by atoms with Gasteiger partial charge in [-0.05, 0) is 55.0 Å². The summed E-state index contributed by atoms with van der Waals surface area (Å²) in [7, 11) is 1.53. The minimum Gasteiger partial charge on any atom is -0.507 e. The van der Waals surface area contributed by atoms with Crippen LogP contribution in [0.3, 0.4) is 0 Å². The fourth-order valence-electron chi connectivity index (χ4n) is 3.99. The molecule has 3 aromatic carbocycles. The molecule has 1 saturated heterocycles. The van der Waals surface area contributed by atoms with E-state index in [-0.39, 0.29) is 16.5 Å². The zero-order chi connectivity index (χ0) is 24.0. The van der Waals surface area contributed by atoms with Crippen LogP contribution in [0, 0.1) is 12.7 Å². The van der Waals surface area contributed by atoms with Gasteiger partial charge in [0.15, 0.2) is 5.13 Å². The number of benzene rings is 3. The average molecular weight is 475 g/mol. The predicted octanol–water partition coefficient (Wildman–Crippen LogP) is 5.38. The number of carbonyl (C=O) groups excluding carboxylic acids is 2. The van der Waals surface area contributed by atoms with Crippen molar-refractivity contribution in [2.75, 3.05) is 12.0 Å². The second-order valence-corrected chi connectivity index (χ2v) is 8.93. The van der Waals surface area contributed by atoms with Gasteiger partial charge >= 0.3 is 5.91 Å². The summed E-state index contributed by atoms with van der Waals surface area (Å²) >= 11 is 1.11. The maximum absolute atomic E-state index is 13.7. The molecule has 1 aliphatic rings. The summed E-state index contributed by atoms with van der Waals surface area (Å²) in [5, 5.41) is 11.4. The number of ketones is 1. The van der Waals surface area contributed by atoms with Gasteiger partial charge in [0, 0.05) is 5.56 Å². The first-order valence-corrected chi connectivity index (χ1v) is 11.3. The number of aliphatic hydroxyl groups excluding tert-OH is 1. The summed E-state index contributed by atoms with van der Waals surface area (Å²) in [6.07, 6.45) is 0.